The van der Waals surface area contributed by atoms with Crippen LogP contribution in [0.2, 0.25) is 0 Å². The molecular formula is C15H22N2O. The summed E-state index contributed by atoms with van der Waals surface area (Å²) < 4.78 is 5.31. The molecule has 18 heavy (non-hydrogen) atoms. The zero-order valence-electron chi connectivity index (χ0n) is 11.9. The number of benzene rings is 1. The Bertz CT molecular complexity index is 449. The molecule has 3 nitrogen and oxygen atoms in total. The summed E-state index contributed by atoms with van der Waals surface area (Å²) in [5.74, 6) is 0.940. The Balaban J connectivity index is 2.75. The summed E-state index contributed by atoms with van der Waals surface area (Å²) in [6.45, 7) is 7.02. The summed E-state index contributed by atoms with van der Waals surface area (Å²) in [6, 6.07) is 6.35. The molecule has 0 spiro atoms. The smallest absolute Gasteiger partial charge is 0.122 e. The van der Waals surface area contributed by atoms with Crippen LogP contribution in [0.25, 0.3) is 0 Å². The molecule has 0 saturated heterocycles. The number of hydrogen-bond donors (Lipinski definition) is 0. The van der Waals surface area contributed by atoms with E-state index in [1.165, 1.54) is 16.7 Å². The summed E-state index contributed by atoms with van der Waals surface area (Å²) in [6.07, 6.45) is 0.958. The van der Waals surface area contributed by atoms with Gasteiger partial charge in [0.1, 0.15) is 5.75 Å². The van der Waals surface area contributed by atoms with Crippen LogP contribution in [-0.2, 0) is 6.42 Å². The lowest BCUT2D eigenvalue weighted by Gasteiger charge is -2.20. The minimum Gasteiger partial charge on any atom is -0.496 e. The first-order chi connectivity index (χ1) is 8.51. The predicted octanol–water partition coefficient (Wildman–Crippen LogP) is 2.70. The highest BCUT2D eigenvalue weighted by atomic mass is 16.5. The first-order valence-electron chi connectivity index (χ1n) is 6.24. The number of nitrogens with zero attached hydrogens (tertiary/aromatic N) is 2. The zero-order chi connectivity index (χ0) is 13.7. The molecule has 0 amide bonds. The maximum Gasteiger partial charge on any atom is 0.122 e. The summed E-state index contributed by atoms with van der Waals surface area (Å²) in [7, 11) is 3.68. The molecule has 1 aromatic carbocycles. The van der Waals surface area contributed by atoms with Crippen molar-refractivity contribution in [3.63, 3.8) is 0 Å². The molecule has 0 fully saturated rings. The highest BCUT2D eigenvalue weighted by molar-refractivity contribution is 5.43. The Kier molecular flexibility index (Phi) is 5.18. The minimum atomic E-state index is -0.0374. The van der Waals surface area contributed by atoms with E-state index in [-0.39, 0.29) is 6.04 Å². The SMILES string of the molecule is COc1ccc(CCN(C)C(C)C#N)c(C)c1C. The number of rotatable bonds is 5. The summed E-state index contributed by atoms with van der Waals surface area (Å²) in [4.78, 5) is 2.07. The van der Waals surface area contributed by atoms with E-state index < -0.39 is 0 Å². The second-order valence-electron chi connectivity index (χ2n) is 4.71. The van der Waals surface area contributed by atoms with Gasteiger partial charge in [0.2, 0.25) is 0 Å². The third kappa shape index (κ3) is 3.24. The second-order valence-corrected chi connectivity index (χ2v) is 4.71. The standard InChI is InChI=1S/C15H22N2O/c1-11(10-16)17(4)9-8-14-6-7-15(18-5)13(3)12(14)2/h6-7,11H,8-9H2,1-5H3. The van der Waals surface area contributed by atoms with Gasteiger partial charge >= 0.3 is 0 Å². The van der Waals surface area contributed by atoms with Crippen molar-refractivity contribution >= 4 is 0 Å². The zero-order valence-corrected chi connectivity index (χ0v) is 11.9. The molecule has 0 aliphatic rings. The second kappa shape index (κ2) is 6.42. The monoisotopic (exact) mass is 246 g/mol. The van der Waals surface area contributed by atoms with Crippen LogP contribution in [0, 0.1) is 25.2 Å². The summed E-state index contributed by atoms with van der Waals surface area (Å²) >= 11 is 0. The van der Waals surface area contributed by atoms with Gasteiger partial charge in [-0.2, -0.15) is 5.26 Å². The van der Waals surface area contributed by atoms with Crippen LogP contribution in [0.3, 0.4) is 0 Å². The van der Waals surface area contributed by atoms with E-state index in [4.69, 9.17) is 10.00 Å². The molecule has 3 heteroatoms. The number of ether oxygens (including phenoxy) is 1. The fourth-order valence-corrected chi connectivity index (χ4v) is 1.93. The van der Waals surface area contributed by atoms with Gasteiger partial charge in [0.15, 0.2) is 0 Å². The Morgan fingerprint density at radius 2 is 2.00 bits per heavy atom. The highest BCUT2D eigenvalue weighted by Gasteiger charge is 2.10. The van der Waals surface area contributed by atoms with Gasteiger partial charge < -0.3 is 4.74 Å². The van der Waals surface area contributed by atoms with Crippen LogP contribution < -0.4 is 4.74 Å². The lowest BCUT2D eigenvalue weighted by Crippen LogP contribution is -2.29. The third-order valence-electron chi connectivity index (χ3n) is 3.65. The van der Waals surface area contributed by atoms with Crippen LogP contribution in [-0.4, -0.2) is 31.6 Å². The largest absolute Gasteiger partial charge is 0.496 e. The molecule has 0 bridgehead atoms. The van der Waals surface area contributed by atoms with Crippen molar-refractivity contribution in [3.8, 4) is 11.8 Å². The Hall–Kier alpha value is -1.53. The number of likely N-dealkylation sites (N-methyl/N-ethyl adjacent to an activating group) is 1. The number of hydrogen-bond acceptors (Lipinski definition) is 3. The molecule has 1 atom stereocenters. The molecule has 0 N–H and O–H groups in total. The topological polar surface area (TPSA) is 36.3 Å². The molecule has 1 rings (SSSR count). The van der Waals surface area contributed by atoms with Crippen molar-refractivity contribution in [2.45, 2.75) is 33.2 Å². The number of nitriles is 1. The van der Waals surface area contributed by atoms with Gasteiger partial charge in [-0.1, -0.05) is 6.07 Å². The van der Waals surface area contributed by atoms with Gasteiger partial charge in [-0.25, -0.2) is 0 Å². The first kappa shape index (κ1) is 14.5. The van der Waals surface area contributed by atoms with Gasteiger partial charge in [-0.3, -0.25) is 4.90 Å². The molecule has 0 saturated carbocycles. The fraction of sp³-hybridized carbons (Fsp3) is 0.533. The average molecular weight is 246 g/mol. The van der Waals surface area contributed by atoms with E-state index in [0.29, 0.717) is 0 Å². The molecule has 1 aromatic rings. The lowest BCUT2D eigenvalue weighted by molar-refractivity contribution is 0.306. The first-order valence-corrected chi connectivity index (χ1v) is 6.24. The molecule has 0 aromatic heterocycles. The van der Waals surface area contributed by atoms with Gasteiger partial charge in [-0.05, 0) is 57.0 Å². The van der Waals surface area contributed by atoms with Gasteiger partial charge in [0.05, 0.1) is 19.2 Å². The van der Waals surface area contributed by atoms with Crippen LogP contribution in [0.1, 0.15) is 23.6 Å². The van der Waals surface area contributed by atoms with Crippen LogP contribution in [0.15, 0.2) is 12.1 Å². The number of methoxy groups -OCH3 is 1. The fourth-order valence-electron chi connectivity index (χ4n) is 1.93. The van der Waals surface area contributed by atoms with Crippen molar-refractivity contribution in [1.29, 1.82) is 5.26 Å². The molecule has 0 heterocycles. The predicted molar refractivity (Wildman–Crippen MR) is 73.9 cm³/mol. The van der Waals surface area contributed by atoms with E-state index in [1.807, 2.05) is 20.0 Å². The van der Waals surface area contributed by atoms with Crippen molar-refractivity contribution in [3.05, 3.63) is 28.8 Å². The van der Waals surface area contributed by atoms with E-state index >= 15 is 0 Å². The minimum absolute atomic E-state index is 0.0374. The maximum absolute atomic E-state index is 8.86. The average Bonchev–Trinajstić information content (AvgIpc) is 2.39. The van der Waals surface area contributed by atoms with E-state index in [0.717, 1.165) is 18.7 Å². The molecule has 1 unspecified atom stereocenters. The molecule has 98 valence electrons. The molecule has 0 aliphatic carbocycles. The van der Waals surface area contributed by atoms with Crippen LogP contribution in [0.4, 0.5) is 0 Å². The van der Waals surface area contributed by atoms with Crippen LogP contribution >= 0.6 is 0 Å². The van der Waals surface area contributed by atoms with Crippen molar-refractivity contribution in [1.82, 2.24) is 4.90 Å². The van der Waals surface area contributed by atoms with Gasteiger partial charge in [0.25, 0.3) is 0 Å². The normalized spacial score (nSPS) is 12.3. The third-order valence-corrected chi connectivity index (χ3v) is 3.65. The lowest BCUT2D eigenvalue weighted by atomic mass is 10.00. The maximum atomic E-state index is 8.86. The molecule has 0 aliphatic heterocycles. The molecule has 0 radical (unpaired) electrons. The van der Waals surface area contributed by atoms with Crippen molar-refractivity contribution in [2.75, 3.05) is 20.7 Å². The highest BCUT2D eigenvalue weighted by Crippen LogP contribution is 2.24. The van der Waals surface area contributed by atoms with Gasteiger partial charge in [0, 0.05) is 6.54 Å². The Morgan fingerprint density at radius 3 is 2.56 bits per heavy atom. The summed E-state index contributed by atoms with van der Waals surface area (Å²) in [5, 5.41) is 8.86. The van der Waals surface area contributed by atoms with Crippen molar-refractivity contribution in [2.24, 2.45) is 0 Å². The quantitative estimate of drug-likeness (QED) is 0.801. The summed E-state index contributed by atoms with van der Waals surface area (Å²) in [5.41, 5.74) is 3.81. The Labute approximate surface area is 110 Å². The Morgan fingerprint density at radius 1 is 1.33 bits per heavy atom. The van der Waals surface area contributed by atoms with Crippen molar-refractivity contribution < 1.29 is 4.74 Å². The van der Waals surface area contributed by atoms with E-state index in [2.05, 4.69) is 30.9 Å². The molecular weight excluding hydrogens is 224 g/mol. The van der Waals surface area contributed by atoms with Gasteiger partial charge in [-0.15, -0.1) is 0 Å². The van der Waals surface area contributed by atoms with Crippen LogP contribution in [0.5, 0.6) is 5.75 Å². The van der Waals surface area contributed by atoms with E-state index in [9.17, 15) is 0 Å². The van der Waals surface area contributed by atoms with E-state index in [1.54, 1.807) is 7.11 Å².